The van der Waals surface area contributed by atoms with Crippen molar-refractivity contribution in [2.75, 3.05) is 13.1 Å². The topological polar surface area (TPSA) is 58.2 Å². The standard InChI is InChI=1S/C12H15FN2O2S.ClH/c13-9-3-1-8(2-4-9)7-18(16,17)15-12-10-5-14-6-11(10)12;/h1-4,10-12,14-15H,5-7H2;1H. The Morgan fingerprint density at radius 1 is 1.21 bits per heavy atom. The van der Waals surface area contributed by atoms with Gasteiger partial charge in [-0.25, -0.2) is 17.5 Å². The van der Waals surface area contributed by atoms with E-state index in [1.54, 1.807) is 0 Å². The first kappa shape index (κ1) is 14.7. The molecular formula is C12H16ClFN2O2S. The minimum absolute atomic E-state index is 0. The number of halogens is 2. The predicted molar refractivity (Wildman–Crippen MR) is 73.0 cm³/mol. The average Bonchev–Trinajstić information content (AvgIpc) is 2.76. The maximum Gasteiger partial charge on any atom is 0.216 e. The Hall–Kier alpha value is -0.690. The van der Waals surface area contributed by atoms with Gasteiger partial charge in [0.05, 0.1) is 5.75 Å². The fourth-order valence-corrected chi connectivity index (χ4v) is 4.12. The smallest absolute Gasteiger partial charge is 0.216 e. The Morgan fingerprint density at radius 2 is 1.79 bits per heavy atom. The highest BCUT2D eigenvalue weighted by Crippen LogP contribution is 2.42. The molecule has 1 aromatic rings. The van der Waals surface area contributed by atoms with Crippen molar-refractivity contribution in [3.05, 3.63) is 35.6 Å². The van der Waals surface area contributed by atoms with Crippen LogP contribution in [0, 0.1) is 17.7 Å². The van der Waals surface area contributed by atoms with Crippen molar-refractivity contribution in [1.82, 2.24) is 10.0 Å². The van der Waals surface area contributed by atoms with Gasteiger partial charge in [0.1, 0.15) is 5.82 Å². The lowest BCUT2D eigenvalue weighted by atomic mass is 10.2. The summed E-state index contributed by atoms with van der Waals surface area (Å²) in [6.07, 6.45) is 0. The zero-order valence-electron chi connectivity index (χ0n) is 10.2. The number of hydrogen-bond acceptors (Lipinski definition) is 3. The van der Waals surface area contributed by atoms with Crippen LogP contribution in [0.15, 0.2) is 24.3 Å². The molecule has 2 fully saturated rings. The zero-order valence-corrected chi connectivity index (χ0v) is 11.8. The maximum atomic E-state index is 12.7. The Bertz CT molecular complexity index is 539. The lowest BCUT2D eigenvalue weighted by Gasteiger charge is -2.08. The fourth-order valence-electron chi connectivity index (χ4n) is 2.64. The molecule has 1 saturated carbocycles. The monoisotopic (exact) mass is 306 g/mol. The normalized spacial score (nSPS) is 28.6. The molecule has 2 N–H and O–H groups in total. The fraction of sp³-hybridized carbons (Fsp3) is 0.500. The van der Waals surface area contributed by atoms with Gasteiger partial charge in [-0.05, 0) is 42.6 Å². The van der Waals surface area contributed by atoms with E-state index in [0.29, 0.717) is 17.4 Å². The molecular weight excluding hydrogens is 291 g/mol. The molecule has 19 heavy (non-hydrogen) atoms. The van der Waals surface area contributed by atoms with Gasteiger partial charge in [0.2, 0.25) is 10.0 Å². The first-order chi connectivity index (χ1) is 8.55. The lowest BCUT2D eigenvalue weighted by Crippen LogP contribution is -2.33. The van der Waals surface area contributed by atoms with Gasteiger partial charge >= 0.3 is 0 Å². The molecule has 0 aromatic heterocycles. The summed E-state index contributed by atoms with van der Waals surface area (Å²) >= 11 is 0. The van der Waals surface area contributed by atoms with E-state index >= 15 is 0 Å². The molecule has 1 saturated heterocycles. The van der Waals surface area contributed by atoms with Gasteiger partial charge in [0.25, 0.3) is 0 Å². The molecule has 0 bridgehead atoms. The number of piperidine rings is 1. The lowest BCUT2D eigenvalue weighted by molar-refractivity contribution is 0.564. The summed E-state index contributed by atoms with van der Waals surface area (Å²) in [7, 11) is -3.33. The van der Waals surface area contributed by atoms with Gasteiger partial charge < -0.3 is 5.32 Å². The molecule has 7 heteroatoms. The Kier molecular flexibility index (Phi) is 4.15. The quantitative estimate of drug-likeness (QED) is 0.868. The van der Waals surface area contributed by atoms with Crippen molar-refractivity contribution in [3.8, 4) is 0 Å². The van der Waals surface area contributed by atoms with Crippen LogP contribution in [-0.2, 0) is 15.8 Å². The second-order valence-corrected chi connectivity index (χ2v) is 6.77. The molecule has 0 amide bonds. The number of hydrogen-bond donors (Lipinski definition) is 2. The van der Waals surface area contributed by atoms with Gasteiger partial charge in [-0.1, -0.05) is 12.1 Å². The third kappa shape index (κ3) is 3.25. The minimum atomic E-state index is -3.33. The second-order valence-electron chi connectivity index (χ2n) is 5.02. The van der Waals surface area contributed by atoms with Gasteiger partial charge in [-0.3, -0.25) is 0 Å². The molecule has 2 aliphatic rings. The van der Waals surface area contributed by atoms with Gasteiger partial charge in [0.15, 0.2) is 0 Å². The summed E-state index contributed by atoms with van der Waals surface area (Å²) in [5.41, 5.74) is 0.604. The van der Waals surface area contributed by atoms with Crippen LogP contribution in [0.3, 0.4) is 0 Å². The molecule has 2 unspecified atom stereocenters. The van der Waals surface area contributed by atoms with Crippen molar-refractivity contribution in [3.63, 3.8) is 0 Å². The number of rotatable bonds is 4. The van der Waals surface area contributed by atoms with E-state index in [-0.39, 0.29) is 30.0 Å². The Balaban J connectivity index is 0.00000133. The summed E-state index contributed by atoms with van der Waals surface area (Å²) in [6, 6.07) is 5.66. The first-order valence-electron chi connectivity index (χ1n) is 6.00. The van der Waals surface area contributed by atoms with Crippen LogP contribution in [0.5, 0.6) is 0 Å². The van der Waals surface area contributed by atoms with Crippen molar-refractivity contribution >= 4 is 22.4 Å². The highest BCUT2D eigenvalue weighted by molar-refractivity contribution is 7.88. The molecule has 0 radical (unpaired) electrons. The molecule has 3 rings (SSSR count). The zero-order chi connectivity index (χ0) is 12.8. The first-order valence-corrected chi connectivity index (χ1v) is 7.65. The van der Waals surface area contributed by atoms with Crippen molar-refractivity contribution in [2.45, 2.75) is 11.8 Å². The Labute approximate surface area is 118 Å². The molecule has 0 spiro atoms. The summed E-state index contributed by atoms with van der Waals surface area (Å²) in [5, 5.41) is 3.22. The molecule has 1 aliphatic carbocycles. The molecule has 2 atom stereocenters. The van der Waals surface area contributed by atoms with Crippen molar-refractivity contribution < 1.29 is 12.8 Å². The summed E-state index contributed by atoms with van der Waals surface area (Å²) in [6.45, 7) is 1.79. The van der Waals surface area contributed by atoms with Crippen molar-refractivity contribution in [2.24, 2.45) is 11.8 Å². The van der Waals surface area contributed by atoms with E-state index in [0.717, 1.165) is 13.1 Å². The number of fused-ring (bicyclic) bond motifs is 1. The van der Waals surface area contributed by atoms with Crippen LogP contribution in [0.25, 0.3) is 0 Å². The number of benzene rings is 1. The van der Waals surface area contributed by atoms with E-state index in [2.05, 4.69) is 10.0 Å². The molecule has 106 valence electrons. The second kappa shape index (κ2) is 5.36. The predicted octanol–water partition coefficient (Wildman–Crippen LogP) is 0.885. The third-order valence-electron chi connectivity index (χ3n) is 3.68. The van der Waals surface area contributed by atoms with E-state index in [1.807, 2.05) is 0 Å². The van der Waals surface area contributed by atoms with Crippen LogP contribution >= 0.6 is 12.4 Å². The highest BCUT2D eigenvalue weighted by atomic mass is 35.5. The van der Waals surface area contributed by atoms with Crippen LogP contribution in [0.4, 0.5) is 4.39 Å². The number of sulfonamides is 1. The average molecular weight is 307 g/mol. The van der Waals surface area contributed by atoms with E-state index in [9.17, 15) is 12.8 Å². The summed E-state index contributed by atoms with van der Waals surface area (Å²) in [4.78, 5) is 0. The number of nitrogens with one attached hydrogen (secondary N) is 2. The van der Waals surface area contributed by atoms with Gasteiger partial charge in [-0.2, -0.15) is 0 Å². The van der Waals surface area contributed by atoms with Crippen LogP contribution in [0.2, 0.25) is 0 Å². The maximum absolute atomic E-state index is 12.7. The van der Waals surface area contributed by atoms with Gasteiger partial charge in [-0.15, -0.1) is 12.4 Å². The third-order valence-corrected chi connectivity index (χ3v) is 5.02. The van der Waals surface area contributed by atoms with Crippen molar-refractivity contribution in [1.29, 1.82) is 0 Å². The molecule has 1 heterocycles. The van der Waals surface area contributed by atoms with Crippen LogP contribution < -0.4 is 10.0 Å². The summed E-state index contributed by atoms with van der Waals surface area (Å²) < 4.78 is 39.3. The molecule has 1 aliphatic heterocycles. The largest absolute Gasteiger partial charge is 0.316 e. The molecule has 4 nitrogen and oxygen atoms in total. The highest BCUT2D eigenvalue weighted by Gasteiger charge is 2.54. The van der Waals surface area contributed by atoms with E-state index < -0.39 is 10.0 Å². The van der Waals surface area contributed by atoms with E-state index in [1.165, 1.54) is 24.3 Å². The van der Waals surface area contributed by atoms with Crippen LogP contribution in [0.1, 0.15) is 5.56 Å². The molecule has 1 aromatic carbocycles. The minimum Gasteiger partial charge on any atom is -0.316 e. The Morgan fingerprint density at radius 3 is 2.37 bits per heavy atom. The SMILES string of the molecule is Cl.O=S(=O)(Cc1ccc(F)cc1)NC1C2CNCC21. The van der Waals surface area contributed by atoms with Gasteiger partial charge in [0, 0.05) is 6.04 Å². The summed E-state index contributed by atoms with van der Waals surface area (Å²) in [5.74, 6) is 0.462. The van der Waals surface area contributed by atoms with E-state index in [4.69, 9.17) is 0 Å². The van der Waals surface area contributed by atoms with Crippen LogP contribution in [-0.4, -0.2) is 27.5 Å².